The van der Waals surface area contributed by atoms with Crippen molar-refractivity contribution in [2.75, 3.05) is 0 Å². The summed E-state index contributed by atoms with van der Waals surface area (Å²) in [6, 6.07) is 17.8. The minimum absolute atomic E-state index is 0.722. The van der Waals surface area contributed by atoms with Crippen LogP contribution in [-0.2, 0) is 6.42 Å². The van der Waals surface area contributed by atoms with E-state index in [9.17, 15) is 0 Å². The van der Waals surface area contributed by atoms with Gasteiger partial charge in [0.2, 0.25) is 0 Å². The maximum absolute atomic E-state index is 2.30. The summed E-state index contributed by atoms with van der Waals surface area (Å²) in [7, 11) is 0. The van der Waals surface area contributed by atoms with Crippen LogP contribution in [0.3, 0.4) is 0 Å². The Hall–Kier alpha value is -1.56. The molecule has 16 heavy (non-hydrogen) atoms. The van der Waals surface area contributed by atoms with E-state index in [0.717, 1.165) is 12.3 Å². The van der Waals surface area contributed by atoms with E-state index in [-0.39, 0.29) is 0 Å². The van der Waals surface area contributed by atoms with Crippen LogP contribution in [0.5, 0.6) is 0 Å². The van der Waals surface area contributed by atoms with Crippen molar-refractivity contribution in [1.29, 1.82) is 0 Å². The van der Waals surface area contributed by atoms with E-state index in [4.69, 9.17) is 0 Å². The van der Waals surface area contributed by atoms with Gasteiger partial charge >= 0.3 is 0 Å². The number of rotatable bonds is 0. The molecule has 1 unspecified atom stereocenters. The highest BCUT2D eigenvalue weighted by atomic mass is 14.5. The first-order valence-electron chi connectivity index (χ1n) is 5.95. The van der Waals surface area contributed by atoms with Crippen LogP contribution in [0, 0.1) is 5.92 Å². The molecule has 0 amide bonds. The monoisotopic (exact) mass is 205 g/mol. The van der Waals surface area contributed by atoms with Gasteiger partial charge < -0.3 is 0 Å². The quantitative estimate of drug-likeness (QED) is 0.615. The van der Waals surface area contributed by atoms with Crippen LogP contribution < -0.4 is 0 Å². The molecule has 0 saturated heterocycles. The van der Waals surface area contributed by atoms with Gasteiger partial charge in [-0.1, -0.05) is 48.5 Å². The molecule has 0 N–H and O–H groups in total. The smallest absolute Gasteiger partial charge is 0.0134 e. The fourth-order valence-electron chi connectivity index (χ4n) is 2.98. The Kier molecular flexibility index (Phi) is 1.59. The van der Waals surface area contributed by atoms with Gasteiger partial charge in [-0.15, -0.1) is 0 Å². The molecule has 2 aromatic rings. The van der Waals surface area contributed by atoms with Gasteiger partial charge in [-0.3, -0.25) is 0 Å². The summed E-state index contributed by atoms with van der Waals surface area (Å²) in [4.78, 5) is 0. The molecular weight excluding hydrogens is 192 g/mol. The molecule has 1 fully saturated rings. The molecule has 77 valence electrons. The van der Waals surface area contributed by atoms with Crippen LogP contribution in [-0.4, -0.2) is 0 Å². The topological polar surface area (TPSA) is 0 Å². The normalized spacial score (nSPS) is 21.6. The lowest BCUT2D eigenvalue weighted by atomic mass is 9.98. The first-order valence-corrected chi connectivity index (χ1v) is 5.95. The lowest BCUT2D eigenvalue weighted by Gasteiger charge is -2.07. The molecule has 1 saturated carbocycles. The Labute approximate surface area is 95.9 Å². The third kappa shape index (κ3) is 1.10. The molecule has 1 radical (unpaired) electrons. The average Bonchev–Trinajstić information content (AvgIpc) is 3.09. The lowest BCUT2D eigenvalue weighted by molar-refractivity contribution is 1.08. The molecule has 0 aliphatic heterocycles. The minimum atomic E-state index is 0.722. The third-order valence-corrected chi connectivity index (χ3v) is 3.86. The molecule has 2 aliphatic carbocycles. The van der Waals surface area contributed by atoms with Crippen LogP contribution in [0.2, 0.25) is 0 Å². The molecule has 0 nitrogen and oxygen atoms in total. The van der Waals surface area contributed by atoms with Crippen molar-refractivity contribution in [2.24, 2.45) is 0 Å². The molecule has 0 aromatic heterocycles. The first-order chi connectivity index (χ1) is 7.93. The number of hydrogen-bond donors (Lipinski definition) is 0. The predicted octanol–water partition coefficient (Wildman–Crippen LogP) is 3.70. The summed E-state index contributed by atoms with van der Waals surface area (Å²) in [6.45, 7) is 0. The molecule has 1 atom stereocenters. The zero-order valence-corrected chi connectivity index (χ0v) is 9.11. The van der Waals surface area contributed by atoms with Crippen molar-refractivity contribution in [3.8, 4) is 0 Å². The summed E-state index contributed by atoms with van der Waals surface area (Å²) in [6.07, 6.45) is 2.38. The van der Waals surface area contributed by atoms with Crippen molar-refractivity contribution in [3.63, 3.8) is 0 Å². The van der Waals surface area contributed by atoms with E-state index < -0.39 is 0 Å². The van der Waals surface area contributed by atoms with Gasteiger partial charge in [0.1, 0.15) is 0 Å². The second-order valence-corrected chi connectivity index (χ2v) is 4.81. The first kappa shape index (κ1) is 8.58. The highest BCUT2D eigenvalue weighted by Gasteiger charge is 2.43. The van der Waals surface area contributed by atoms with Crippen LogP contribution >= 0.6 is 0 Å². The molecule has 0 heterocycles. The van der Waals surface area contributed by atoms with Gasteiger partial charge in [0.25, 0.3) is 0 Å². The standard InChI is InChI=1S/C16H13/c1-3-7-13-11(5-1)9-12-6-2-4-8-14(12)16-10-15(13)16/h1-8,15H,9-10H2. The lowest BCUT2D eigenvalue weighted by Crippen LogP contribution is -1.93. The van der Waals surface area contributed by atoms with Gasteiger partial charge in [0.15, 0.2) is 0 Å². The fourth-order valence-corrected chi connectivity index (χ4v) is 2.98. The minimum Gasteiger partial charge on any atom is -0.0620 e. The summed E-state index contributed by atoms with van der Waals surface area (Å²) < 4.78 is 0. The average molecular weight is 205 g/mol. The molecule has 0 bridgehead atoms. The van der Waals surface area contributed by atoms with Crippen LogP contribution in [0.4, 0.5) is 0 Å². The summed E-state index contributed by atoms with van der Waals surface area (Å²) in [5, 5.41) is 0. The second kappa shape index (κ2) is 2.98. The van der Waals surface area contributed by atoms with Gasteiger partial charge in [0.05, 0.1) is 0 Å². The molecule has 2 aromatic carbocycles. The van der Waals surface area contributed by atoms with Gasteiger partial charge in [-0.05, 0) is 41.0 Å². The maximum Gasteiger partial charge on any atom is 0.0134 e. The van der Waals surface area contributed by atoms with Crippen molar-refractivity contribution in [1.82, 2.24) is 0 Å². The Morgan fingerprint density at radius 2 is 1.56 bits per heavy atom. The van der Waals surface area contributed by atoms with Crippen molar-refractivity contribution in [3.05, 3.63) is 76.7 Å². The third-order valence-electron chi connectivity index (χ3n) is 3.86. The predicted molar refractivity (Wildman–Crippen MR) is 65.4 cm³/mol. The summed E-state index contributed by atoms with van der Waals surface area (Å²) in [5.74, 6) is 2.38. The molecule has 2 aliphatic rings. The van der Waals surface area contributed by atoms with E-state index in [0.29, 0.717) is 0 Å². The van der Waals surface area contributed by atoms with Gasteiger partial charge in [-0.25, -0.2) is 0 Å². The van der Waals surface area contributed by atoms with E-state index in [1.165, 1.54) is 23.1 Å². The van der Waals surface area contributed by atoms with E-state index in [2.05, 4.69) is 48.5 Å². The molecule has 0 heteroatoms. The Morgan fingerprint density at radius 3 is 2.50 bits per heavy atom. The number of benzene rings is 2. The largest absolute Gasteiger partial charge is 0.0620 e. The van der Waals surface area contributed by atoms with Gasteiger partial charge in [-0.2, -0.15) is 0 Å². The maximum atomic E-state index is 2.30. The Morgan fingerprint density at radius 1 is 0.812 bits per heavy atom. The summed E-state index contributed by atoms with van der Waals surface area (Å²) >= 11 is 0. The molecule has 0 spiro atoms. The SMILES string of the molecule is c1ccc2c(c1)Cc1ccccc1C1C[C]21. The Balaban J connectivity index is 1.94. The van der Waals surface area contributed by atoms with Gasteiger partial charge in [0, 0.05) is 5.92 Å². The number of hydrogen-bond acceptors (Lipinski definition) is 0. The second-order valence-electron chi connectivity index (χ2n) is 4.81. The van der Waals surface area contributed by atoms with E-state index in [1.54, 1.807) is 11.5 Å². The van der Waals surface area contributed by atoms with Crippen molar-refractivity contribution >= 4 is 0 Å². The fraction of sp³-hybridized carbons (Fsp3) is 0.188. The number of fused-ring (bicyclic) bond motifs is 5. The summed E-state index contributed by atoms with van der Waals surface area (Å²) in [5.41, 5.74) is 6.11. The molecule has 4 rings (SSSR count). The Bertz CT molecular complexity index is 504. The van der Waals surface area contributed by atoms with Crippen LogP contribution in [0.25, 0.3) is 0 Å². The van der Waals surface area contributed by atoms with E-state index >= 15 is 0 Å². The van der Waals surface area contributed by atoms with Crippen LogP contribution in [0.1, 0.15) is 34.6 Å². The van der Waals surface area contributed by atoms with Crippen molar-refractivity contribution in [2.45, 2.75) is 18.8 Å². The zero-order chi connectivity index (χ0) is 10.5. The van der Waals surface area contributed by atoms with Crippen LogP contribution in [0.15, 0.2) is 48.5 Å². The zero-order valence-electron chi connectivity index (χ0n) is 9.11. The molecular formula is C16H13. The van der Waals surface area contributed by atoms with E-state index in [1.807, 2.05) is 0 Å². The highest BCUT2D eigenvalue weighted by Crippen LogP contribution is 2.57. The van der Waals surface area contributed by atoms with Crippen molar-refractivity contribution < 1.29 is 0 Å². The highest BCUT2D eigenvalue weighted by molar-refractivity contribution is 5.58.